The van der Waals surface area contributed by atoms with Gasteiger partial charge in [0, 0.05) is 19.3 Å². The summed E-state index contributed by atoms with van der Waals surface area (Å²) in [5.41, 5.74) is 0. The van der Waals surface area contributed by atoms with Gasteiger partial charge in [-0.1, -0.05) is 314 Å². The van der Waals surface area contributed by atoms with E-state index >= 15 is 0 Å². The zero-order valence-electron chi connectivity index (χ0n) is 65.9. The molecule has 0 saturated carbocycles. The van der Waals surface area contributed by atoms with Gasteiger partial charge in [-0.2, -0.15) is 0 Å². The minimum absolute atomic E-state index is 0.0766. The van der Waals surface area contributed by atoms with Gasteiger partial charge in [0.15, 0.2) is 6.10 Å². The van der Waals surface area contributed by atoms with Crippen molar-refractivity contribution >= 4 is 33.6 Å². The Kier molecular flexibility index (Phi) is 75.6. The highest BCUT2D eigenvalue weighted by Gasteiger charge is 2.29. The lowest BCUT2D eigenvalue weighted by Crippen LogP contribution is -2.30. The third-order valence-electron chi connectivity index (χ3n) is 17.0. The first-order valence-electron chi connectivity index (χ1n) is 41.1. The number of aliphatic hydroxyl groups is 2. The molecule has 18 heteroatoms. The Morgan fingerprint density at radius 1 is 0.276 bits per heavy atom. The number of unbranched alkanes of at least 4 members (excludes halogenated alkanes) is 30. The van der Waals surface area contributed by atoms with Gasteiger partial charge in [0.2, 0.25) is 0 Å². The van der Waals surface area contributed by atoms with Gasteiger partial charge in [0.25, 0.3) is 0 Å². The van der Waals surface area contributed by atoms with Crippen molar-refractivity contribution in [3.05, 3.63) is 146 Å². The average molecular weight is 1510 g/mol. The van der Waals surface area contributed by atoms with Gasteiger partial charge in [0.05, 0.1) is 26.4 Å². The Balaban J connectivity index is 4.47. The molecule has 0 amide bonds. The topological polar surface area (TPSA) is 231 Å². The second-order valence-electron chi connectivity index (χ2n) is 27.2. The molecule has 5 unspecified atom stereocenters. The molecule has 0 radical (unpaired) electrons. The molecule has 0 saturated heterocycles. The standard InChI is InChI=1S/C87H148O16P2/c1-4-7-10-13-16-19-22-25-28-30-32-34-35-36-37-38-39-40-41-42-43-44-45-47-49-50-53-55-58-61-64-67-70-73-85(90)97-76-82(88)77-99-104(93,94)100-78-83(89)79-101-105(95,96)102-81-84(103-87(92)75-72-69-66-63-60-57-52-27-24-21-18-15-12-9-6-3)80-98-86(91)74-71-68-65-62-59-56-54-51-48-46-33-31-29-26-23-20-17-14-11-8-5-2/h8-9,11-12,16-21,25-29,32-34,36-37,46,51-52,54,82-84,88-89H,4-7,10,13-15,22-24,30-31,35,38-45,47-50,53,55-81H2,1-3H3,(H,93,94)(H,95,96)/b11-8-,12-9-,19-16-,20-17-,21-18-,28-25-,29-26-,34-32-,37-36-,46-33-,52-27-,54-51-. The van der Waals surface area contributed by atoms with E-state index < -0.39 is 91.5 Å². The smallest absolute Gasteiger partial charge is 0.463 e. The quantitative estimate of drug-likeness (QED) is 0.0146. The van der Waals surface area contributed by atoms with Crippen LogP contribution in [0.25, 0.3) is 0 Å². The molecular formula is C87H148O16P2. The van der Waals surface area contributed by atoms with Crippen LogP contribution in [0, 0.1) is 0 Å². The molecule has 4 N–H and O–H groups in total. The van der Waals surface area contributed by atoms with Crippen molar-refractivity contribution in [2.75, 3.05) is 39.6 Å². The number of hydrogen-bond acceptors (Lipinski definition) is 14. The Morgan fingerprint density at radius 2 is 0.505 bits per heavy atom. The van der Waals surface area contributed by atoms with Crippen LogP contribution >= 0.6 is 15.6 Å². The monoisotopic (exact) mass is 1510 g/mol. The summed E-state index contributed by atoms with van der Waals surface area (Å²) in [5.74, 6) is -1.62. The molecule has 16 nitrogen and oxygen atoms in total. The van der Waals surface area contributed by atoms with Crippen LogP contribution in [0.5, 0.6) is 0 Å². The second-order valence-corrected chi connectivity index (χ2v) is 30.1. The highest BCUT2D eigenvalue weighted by atomic mass is 31.2. The Labute approximate surface area is 638 Å². The fourth-order valence-electron chi connectivity index (χ4n) is 10.8. The fraction of sp³-hybridized carbons (Fsp3) is 0.690. The molecule has 5 atom stereocenters. The first-order valence-corrected chi connectivity index (χ1v) is 44.1. The van der Waals surface area contributed by atoms with Crippen molar-refractivity contribution in [3.63, 3.8) is 0 Å². The summed E-state index contributed by atoms with van der Waals surface area (Å²) in [6, 6.07) is 0. The zero-order chi connectivity index (χ0) is 76.6. The van der Waals surface area contributed by atoms with Crippen molar-refractivity contribution in [1.29, 1.82) is 0 Å². The summed E-state index contributed by atoms with van der Waals surface area (Å²) in [4.78, 5) is 58.7. The first-order chi connectivity index (χ1) is 51.2. The van der Waals surface area contributed by atoms with E-state index in [1.165, 1.54) is 116 Å². The Bertz CT molecular complexity index is 2490. The molecule has 0 aromatic carbocycles. The number of phosphoric ester groups is 2. The minimum atomic E-state index is -4.94. The minimum Gasteiger partial charge on any atom is -0.463 e. The van der Waals surface area contributed by atoms with E-state index in [1.54, 1.807) is 0 Å². The van der Waals surface area contributed by atoms with Gasteiger partial charge in [-0.05, 0) is 141 Å². The third kappa shape index (κ3) is 80.3. The predicted molar refractivity (Wildman–Crippen MR) is 436 cm³/mol. The maximum absolute atomic E-state index is 13.0. The van der Waals surface area contributed by atoms with E-state index in [4.69, 9.17) is 32.3 Å². The highest BCUT2D eigenvalue weighted by molar-refractivity contribution is 7.47. The molecule has 602 valence electrons. The summed E-state index contributed by atoms with van der Waals surface area (Å²) in [7, 11) is -9.81. The summed E-state index contributed by atoms with van der Waals surface area (Å²) < 4.78 is 61.1. The molecule has 0 aliphatic heterocycles. The fourth-order valence-corrected chi connectivity index (χ4v) is 12.4. The number of allylic oxidation sites excluding steroid dienone is 24. The lowest BCUT2D eigenvalue weighted by Gasteiger charge is -2.21. The van der Waals surface area contributed by atoms with Crippen LogP contribution in [0.1, 0.15) is 329 Å². The van der Waals surface area contributed by atoms with Crippen molar-refractivity contribution in [2.45, 2.75) is 347 Å². The van der Waals surface area contributed by atoms with Crippen LogP contribution in [0.15, 0.2) is 146 Å². The van der Waals surface area contributed by atoms with Crippen molar-refractivity contribution in [1.82, 2.24) is 0 Å². The van der Waals surface area contributed by atoms with Gasteiger partial charge in [-0.3, -0.25) is 32.5 Å². The summed E-state index contributed by atoms with van der Waals surface area (Å²) in [6.45, 7) is 2.39. The van der Waals surface area contributed by atoms with E-state index in [9.17, 15) is 43.5 Å². The number of ether oxygens (including phenoxy) is 3. The number of rotatable bonds is 77. The van der Waals surface area contributed by atoms with Gasteiger partial charge in [-0.15, -0.1) is 0 Å². The van der Waals surface area contributed by atoms with Crippen molar-refractivity contribution in [3.8, 4) is 0 Å². The van der Waals surface area contributed by atoms with Crippen LogP contribution in [-0.4, -0.2) is 95.9 Å². The summed E-state index contributed by atoms with van der Waals surface area (Å²) in [5, 5.41) is 20.7. The maximum Gasteiger partial charge on any atom is 0.472 e. The second kappa shape index (κ2) is 79.0. The van der Waals surface area contributed by atoms with Crippen molar-refractivity contribution in [2.24, 2.45) is 0 Å². The van der Waals surface area contributed by atoms with Crippen LogP contribution in [0.3, 0.4) is 0 Å². The molecule has 0 aromatic heterocycles. The van der Waals surface area contributed by atoms with Crippen LogP contribution in [0.2, 0.25) is 0 Å². The van der Waals surface area contributed by atoms with Gasteiger partial charge < -0.3 is 34.2 Å². The lowest BCUT2D eigenvalue weighted by molar-refractivity contribution is -0.161. The molecule has 0 aromatic rings. The first kappa shape index (κ1) is 100. The molecule has 0 fully saturated rings. The molecule has 0 aliphatic carbocycles. The van der Waals surface area contributed by atoms with Crippen molar-refractivity contribution < 1.29 is 75.8 Å². The molecule has 0 aliphatic rings. The van der Waals surface area contributed by atoms with Gasteiger partial charge in [0.1, 0.15) is 25.4 Å². The number of phosphoric acid groups is 2. The number of carbonyl (C=O) groups is 3. The average Bonchev–Trinajstić information content (AvgIpc) is 0.912. The van der Waals surface area contributed by atoms with E-state index in [2.05, 4.69) is 167 Å². The normalized spacial score (nSPS) is 14.7. The Morgan fingerprint density at radius 3 is 0.800 bits per heavy atom. The molecule has 0 bridgehead atoms. The number of carbonyl (C=O) groups excluding carboxylic acids is 3. The van der Waals surface area contributed by atoms with Gasteiger partial charge in [-0.25, -0.2) is 9.13 Å². The summed E-state index contributed by atoms with van der Waals surface area (Å²) in [6.07, 6.45) is 97.7. The van der Waals surface area contributed by atoms with E-state index in [-0.39, 0.29) is 19.3 Å². The molecule has 0 heterocycles. The maximum atomic E-state index is 13.0. The SMILES string of the molecule is CC/C=C\C/C=C\C/C=C\C/C=C\C/C=C\CCCCCCCC(=O)OCC(COP(=O)(O)OCC(O)COP(=O)(O)OCC(O)COC(=O)CCCCCCCCCCCCCCCCCCC/C=C\C/C=C\C/C=C\C/C=C\CCCCC)OC(=O)CCCCCCC/C=C\C/C=C\C/C=C\CC. The zero-order valence-corrected chi connectivity index (χ0v) is 67.6. The molecule has 0 spiro atoms. The van der Waals surface area contributed by atoms with Crippen LogP contribution in [0.4, 0.5) is 0 Å². The lowest BCUT2D eigenvalue weighted by atomic mass is 10.0. The Hall–Kier alpha value is -4.57. The number of esters is 3. The van der Waals surface area contributed by atoms with Gasteiger partial charge >= 0.3 is 33.6 Å². The highest BCUT2D eigenvalue weighted by Crippen LogP contribution is 2.45. The molecular weight excluding hydrogens is 1360 g/mol. The van der Waals surface area contributed by atoms with Crippen LogP contribution in [-0.2, 0) is 55.8 Å². The van der Waals surface area contributed by atoms with E-state index in [0.717, 1.165) is 154 Å². The predicted octanol–water partition coefficient (Wildman–Crippen LogP) is 24.4. The third-order valence-corrected chi connectivity index (χ3v) is 18.9. The largest absolute Gasteiger partial charge is 0.472 e. The summed E-state index contributed by atoms with van der Waals surface area (Å²) >= 11 is 0. The number of aliphatic hydroxyl groups excluding tert-OH is 2. The van der Waals surface area contributed by atoms with E-state index in [0.29, 0.717) is 19.3 Å². The van der Waals surface area contributed by atoms with Crippen LogP contribution < -0.4 is 0 Å². The van der Waals surface area contributed by atoms with E-state index in [1.807, 2.05) is 0 Å². The molecule has 105 heavy (non-hydrogen) atoms. The molecule has 0 rings (SSSR count). The number of hydrogen-bond donors (Lipinski definition) is 4.